The molecule has 0 radical (unpaired) electrons. The van der Waals surface area contributed by atoms with Gasteiger partial charge in [0.05, 0.1) is 30.5 Å². The summed E-state index contributed by atoms with van der Waals surface area (Å²) in [5.74, 6) is -1.79. The lowest BCUT2D eigenvalue weighted by molar-refractivity contribution is -0.124. The molecule has 1 saturated heterocycles. The Balaban J connectivity index is 1.62. The van der Waals surface area contributed by atoms with Crippen LogP contribution in [0.1, 0.15) is 35.3 Å². The number of nitrogens with one attached hydrogen (secondary N) is 3. The number of aromatic hydroxyl groups is 1. The van der Waals surface area contributed by atoms with Gasteiger partial charge in [-0.3, -0.25) is 19.7 Å². The van der Waals surface area contributed by atoms with Gasteiger partial charge in [0.2, 0.25) is 0 Å². The Labute approximate surface area is 191 Å². The van der Waals surface area contributed by atoms with Crippen molar-refractivity contribution >= 4 is 23.4 Å². The lowest BCUT2D eigenvalue weighted by Crippen LogP contribution is -2.40. The molecule has 172 valence electrons. The van der Waals surface area contributed by atoms with Crippen LogP contribution in [0.5, 0.6) is 5.75 Å². The SMILES string of the molecule is CC[C@@H](NC1=C(Nc2cccc(C(=O)N3CCOCC3)c2O)C(=O)NC1=O)c1ccccc1. The van der Waals surface area contributed by atoms with Crippen LogP contribution >= 0.6 is 0 Å². The van der Waals surface area contributed by atoms with Crippen molar-refractivity contribution in [1.82, 2.24) is 15.5 Å². The first-order valence-corrected chi connectivity index (χ1v) is 10.9. The molecule has 4 rings (SSSR count). The second-order valence-electron chi connectivity index (χ2n) is 7.78. The van der Waals surface area contributed by atoms with Crippen LogP contribution < -0.4 is 16.0 Å². The molecule has 0 aliphatic carbocycles. The molecule has 0 unspecified atom stereocenters. The maximum atomic E-state index is 12.9. The molecule has 2 aliphatic heterocycles. The standard InChI is InChI=1S/C24H26N4O5/c1-2-17(15-7-4-3-5-8-15)25-19-20(23(31)27-22(19)30)26-18-10-6-9-16(21(18)29)24(32)28-11-13-33-14-12-28/h3-10,17,29H,2,11-14H2,1H3,(H3,25,26,27,30,31)/t17-/m1/s1. The average molecular weight is 450 g/mol. The van der Waals surface area contributed by atoms with Crippen molar-refractivity contribution in [2.45, 2.75) is 19.4 Å². The summed E-state index contributed by atoms with van der Waals surface area (Å²) in [6.07, 6.45) is 0.678. The summed E-state index contributed by atoms with van der Waals surface area (Å²) in [6.45, 7) is 3.72. The van der Waals surface area contributed by atoms with Crippen LogP contribution in [0.25, 0.3) is 0 Å². The fourth-order valence-electron chi connectivity index (χ4n) is 3.88. The van der Waals surface area contributed by atoms with Crippen molar-refractivity contribution in [3.63, 3.8) is 0 Å². The fraction of sp³-hybridized carbons (Fsp3) is 0.292. The molecule has 2 heterocycles. The van der Waals surface area contributed by atoms with Crippen LogP contribution in [0.4, 0.5) is 5.69 Å². The molecule has 0 spiro atoms. The molecule has 2 aromatic rings. The smallest absolute Gasteiger partial charge is 0.276 e. The van der Waals surface area contributed by atoms with E-state index in [0.717, 1.165) is 5.56 Å². The molecule has 9 heteroatoms. The van der Waals surface area contributed by atoms with E-state index in [1.54, 1.807) is 17.0 Å². The molecule has 33 heavy (non-hydrogen) atoms. The summed E-state index contributed by atoms with van der Waals surface area (Å²) < 4.78 is 5.28. The zero-order valence-corrected chi connectivity index (χ0v) is 18.3. The van der Waals surface area contributed by atoms with Crippen molar-refractivity contribution in [1.29, 1.82) is 0 Å². The summed E-state index contributed by atoms with van der Waals surface area (Å²) in [5, 5.41) is 19.1. The van der Waals surface area contributed by atoms with Gasteiger partial charge in [0.15, 0.2) is 5.75 Å². The minimum Gasteiger partial charge on any atom is -0.505 e. The van der Waals surface area contributed by atoms with Gasteiger partial charge in [0.25, 0.3) is 17.7 Å². The third-order valence-electron chi connectivity index (χ3n) is 5.68. The maximum Gasteiger partial charge on any atom is 0.276 e. The molecule has 1 fully saturated rings. The number of phenols is 1. The summed E-state index contributed by atoms with van der Waals surface area (Å²) in [6, 6.07) is 14.1. The molecule has 2 aromatic carbocycles. The van der Waals surface area contributed by atoms with E-state index in [2.05, 4.69) is 16.0 Å². The minimum atomic E-state index is -0.616. The van der Waals surface area contributed by atoms with Gasteiger partial charge in [0, 0.05) is 13.1 Å². The van der Waals surface area contributed by atoms with Gasteiger partial charge in [-0.25, -0.2) is 0 Å². The Morgan fingerprint density at radius 3 is 2.45 bits per heavy atom. The number of rotatable bonds is 7. The molecular weight excluding hydrogens is 424 g/mol. The lowest BCUT2D eigenvalue weighted by Gasteiger charge is -2.27. The van der Waals surface area contributed by atoms with Crippen LogP contribution in [-0.4, -0.2) is 54.0 Å². The van der Waals surface area contributed by atoms with Gasteiger partial charge in [0.1, 0.15) is 11.4 Å². The fourth-order valence-corrected chi connectivity index (χ4v) is 3.88. The van der Waals surface area contributed by atoms with E-state index < -0.39 is 11.8 Å². The summed E-state index contributed by atoms with van der Waals surface area (Å²) in [7, 11) is 0. The molecule has 2 aliphatic rings. The molecule has 4 N–H and O–H groups in total. The topological polar surface area (TPSA) is 120 Å². The van der Waals surface area contributed by atoms with Gasteiger partial charge in [-0.05, 0) is 24.1 Å². The number of carbonyl (C=O) groups excluding carboxylic acids is 3. The number of amides is 3. The predicted molar refractivity (Wildman–Crippen MR) is 121 cm³/mol. The highest BCUT2D eigenvalue weighted by molar-refractivity contribution is 6.20. The number of carbonyl (C=O) groups is 3. The highest BCUT2D eigenvalue weighted by Gasteiger charge is 2.33. The van der Waals surface area contributed by atoms with Crippen LogP contribution in [0.2, 0.25) is 0 Å². The van der Waals surface area contributed by atoms with Gasteiger partial charge in [-0.2, -0.15) is 0 Å². The number of nitrogens with zero attached hydrogens (tertiary/aromatic N) is 1. The van der Waals surface area contributed by atoms with E-state index in [1.165, 1.54) is 6.07 Å². The summed E-state index contributed by atoms with van der Waals surface area (Å²) >= 11 is 0. The number of hydrogen-bond acceptors (Lipinski definition) is 7. The van der Waals surface area contributed by atoms with Crippen molar-refractivity contribution in [3.8, 4) is 5.75 Å². The lowest BCUT2D eigenvalue weighted by atomic mass is 10.0. The number of benzene rings is 2. The zero-order chi connectivity index (χ0) is 23.4. The van der Waals surface area contributed by atoms with E-state index in [1.807, 2.05) is 37.3 Å². The highest BCUT2D eigenvalue weighted by Crippen LogP contribution is 2.31. The molecule has 3 amide bonds. The van der Waals surface area contributed by atoms with Crippen molar-refractivity contribution < 1.29 is 24.2 Å². The van der Waals surface area contributed by atoms with E-state index in [9.17, 15) is 19.5 Å². The van der Waals surface area contributed by atoms with Crippen LogP contribution in [0.3, 0.4) is 0 Å². The Kier molecular flexibility index (Phi) is 6.60. The molecule has 0 bridgehead atoms. The molecular formula is C24H26N4O5. The number of ether oxygens (including phenoxy) is 1. The first-order chi connectivity index (χ1) is 16.0. The molecule has 0 saturated carbocycles. The molecule has 9 nitrogen and oxygen atoms in total. The summed E-state index contributed by atoms with van der Waals surface area (Å²) in [4.78, 5) is 39.5. The van der Waals surface area contributed by atoms with Crippen molar-refractivity contribution in [2.24, 2.45) is 0 Å². The Morgan fingerprint density at radius 2 is 1.76 bits per heavy atom. The number of morpholine rings is 1. The first-order valence-electron chi connectivity index (χ1n) is 10.9. The monoisotopic (exact) mass is 450 g/mol. The first kappa shape index (κ1) is 22.3. The third kappa shape index (κ3) is 4.68. The minimum absolute atomic E-state index is 0.0133. The Morgan fingerprint density at radius 1 is 1.06 bits per heavy atom. The van der Waals surface area contributed by atoms with Gasteiger partial charge < -0.3 is 25.4 Å². The van der Waals surface area contributed by atoms with E-state index in [0.29, 0.717) is 32.7 Å². The molecule has 0 aromatic heterocycles. The van der Waals surface area contributed by atoms with Gasteiger partial charge in [-0.1, -0.05) is 43.3 Å². The Bertz CT molecular complexity index is 1090. The van der Waals surface area contributed by atoms with Crippen LogP contribution in [0.15, 0.2) is 59.9 Å². The van der Waals surface area contributed by atoms with Gasteiger partial charge >= 0.3 is 0 Å². The number of imide groups is 1. The largest absolute Gasteiger partial charge is 0.505 e. The number of hydrogen-bond donors (Lipinski definition) is 4. The predicted octanol–water partition coefficient (Wildman–Crippen LogP) is 1.89. The quantitative estimate of drug-likeness (QED) is 0.376. The third-order valence-corrected chi connectivity index (χ3v) is 5.68. The van der Waals surface area contributed by atoms with E-state index in [-0.39, 0.29) is 40.3 Å². The number of para-hydroxylation sites is 1. The van der Waals surface area contributed by atoms with Crippen molar-refractivity contribution in [3.05, 3.63) is 71.1 Å². The van der Waals surface area contributed by atoms with Crippen LogP contribution in [-0.2, 0) is 14.3 Å². The van der Waals surface area contributed by atoms with E-state index >= 15 is 0 Å². The highest BCUT2D eigenvalue weighted by atomic mass is 16.5. The van der Waals surface area contributed by atoms with E-state index in [4.69, 9.17) is 4.74 Å². The molecule has 1 atom stereocenters. The maximum absolute atomic E-state index is 12.9. The summed E-state index contributed by atoms with van der Waals surface area (Å²) in [5.41, 5.74) is 1.30. The van der Waals surface area contributed by atoms with Crippen molar-refractivity contribution in [2.75, 3.05) is 31.6 Å². The second-order valence-corrected chi connectivity index (χ2v) is 7.78. The van der Waals surface area contributed by atoms with Crippen LogP contribution in [0, 0.1) is 0 Å². The number of anilines is 1. The Hall–Kier alpha value is -3.85. The second kappa shape index (κ2) is 9.74. The average Bonchev–Trinajstić information content (AvgIpc) is 3.11. The van der Waals surface area contributed by atoms with Gasteiger partial charge in [-0.15, -0.1) is 0 Å². The normalized spacial score (nSPS) is 17.1. The number of phenolic OH excluding ortho intramolecular Hbond substituents is 1. The zero-order valence-electron chi connectivity index (χ0n) is 18.3.